The quantitative estimate of drug-likeness (QED) is 0.151. The fraction of sp³-hybridized carbons (Fsp3) is 0.200. The highest BCUT2D eigenvalue weighted by molar-refractivity contribution is 6.37. The number of imide groups is 1. The van der Waals surface area contributed by atoms with Crippen LogP contribution in [0.15, 0.2) is 42.5 Å². The first-order chi connectivity index (χ1) is 20.3. The molecule has 214 valence electrons. The van der Waals surface area contributed by atoms with Crippen LogP contribution in [0.25, 0.3) is 32.6 Å². The monoisotopic (exact) mass is 571 g/mol. The van der Waals surface area contributed by atoms with Crippen LogP contribution in [0.4, 0.5) is 5.69 Å². The minimum absolute atomic E-state index is 0.100. The molecule has 0 bridgehead atoms. The number of para-hydroxylation sites is 1. The summed E-state index contributed by atoms with van der Waals surface area (Å²) >= 11 is 0. The van der Waals surface area contributed by atoms with Gasteiger partial charge in [0, 0.05) is 21.7 Å². The second kappa shape index (κ2) is 9.84. The average Bonchev–Trinajstić information content (AvgIpc) is 3.50. The molecule has 0 atom stereocenters. The molecule has 2 heterocycles. The Morgan fingerprint density at radius 1 is 0.762 bits per heavy atom. The first kappa shape index (κ1) is 26.7. The van der Waals surface area contributed by atoms with E-state index in [1.807, 2.05) is 24.3 Å². The van der Waals surface area contributed by atoms with Crippen molar-refractivity contribution in [2.24, 2.45) is 0 Å². The number of amides is 2. The normalized spacial score (nSPS) is 12.7. The van der Waals surface area contributed by atoms with Crippen molar-refractivity contribution < 1.29 is 38.2 Å². The molecule has 0 radical (unpaired) electrons. The zero-order valence-corrected chi connectivity index (χ0v) is 23.3. The first-order valence-electron chi connectivity index (χ1n) is 12.7. The molecular weight excluding hydrogens is 546 g/mol. The van der Waals surface area contributed by atoms with Gasteiger partial charge in [-0.05, 0) is 18.2 Å². The van der Waals surface area contributed by atoms with Gasteiger partial charge in [-0.25, -0.2) is 0 Å². The summed E-state index contributed by atoms with van der Waals surface area (Å²) in [7, 11) is 7.17. The van der Waals surface area contributed by atoms with E-state index in [4.69, 9.17) is 23.7 Å². The van der Waals surface area contributed by atoms with Crippen molar-refractivity contribution in [3.63, 3.8) is 0 Å². The van der Waals surface area contributed by atoms with Gasteiger partial charge in [0.05, 0.1) is 80.7 Å². The van der Waals surface area contributed by atoms with Crippen LogP contribution in [0.5, 0.6) is 28.7 Å². The molecule has 0 unspecified atom stereocenters. The second-order valence-electron chi connectivity index (χ2n) is 9.53. The topological polar surface area (TPSA) is 142 Å². The summed E-state index contributed by atoms with van der Waals surface area (Å²) in [6.07, 6.45) is 0. The van der Waals surface area contributed by atoms with Gasteiger partial charge in [0.1, 0.15) is 0 Å². The lowest BCUT2D eigenvalue weighted by molar-refractivity contribution is -0.385. The van der Waals surface area contributed by atoms with E-state index < -0.39 is 16.7 Å². The number of rotatable bonds is 8. The molecule has 0 saturated heterocycles. The van der Waals surface area contributed by atoms with Crippen LogP contribution in [0.3, 0.4) is 0 Å². The fourth-order valence-electron chi connectivity index (χ4n) is 5.77. The van der Waals surface area contributed by atoms with E-state index in [1.165, 1.54) is 47.7 Å². The first-order valence-corrected chi connectivity index (χ1v) is 12.7. The van der Waals surface area contributed by atoms with Gasteiger partial charge in [-0.2, -0.15) is 0 Å². The number of carbonyl (C=O) groups excluding carboxylic acids is 2. The predicted molar refractivity (Wildman–Crippen MR) is 153 cm³/mol. The number of H-pyrrole nitrogens is 1. The van der Waals surface area contributed by atoms with Gasteiger partial charge in [0.2, 0.25) is 5.75 Å². The number of aromatic amines is 1. The van der Waals surface area contributed by atoms with E-state index in [2.05, 4.69) is 4.98 Å². The molecule has 1 aromatic heterocycles. The molecule has 0 saturated carbocycles. The van der Waals surface area contributed by atoms with Crippen LogP contribution in [0, 0.1) is 10.1 Å². The van der Waals surface area contributed by atoms with Crippen LogP contribution in [0.2, 0.25) is 0 Å². The third-order valence-corrected chi connectivity index (χ3v) is 7.58. The maximum atomic E-state index is 14.2. The summed E-state index contributed by atoms with van der Waals surface area (Å²) in [5, 5.41) is 14.2. The van der Waals surface area contributed by atoms with Gasteiger partial charge in [0.15, 0.2) is 23.0 Å². The second-order valence-corrected chi connectivity index (χ2v) is 9.53. The van der Waals surface area contributed by atoms with E-state index >= 15 is 0 Å². The molecule has 12 nitrogen and oxygen atoms in total. The minimum Gasteiger partial charge on any atom is -0.493 e. The van der Waals surface area contributed by atoms with Crippen molar-refractivity contribution in [1.82, 2.24) is 9.88 Å². The van der Waals surface area contributed by atoms with Gasteiger partial charge >= 0.3 is 0 Å². The third-order valence-electron chi connectivity index (χ3n) is 7.58. The van der Waals surface area contributed by atoms with Crippen molar-refractivity contribution in [3.8, 4) is 28.7 Å². The number of fused-ring (bicyclic) bond motifs is 8. The largest absolute Gasteiger partial charge is 0.493 e. The van der Waals surface area contributed by atoms with Gasteiger partial charge in [-0.1, -0.05) is 18.2 Å². The number of nitro benzene ring substituents is 1. The Balaban J connectivity index is 1.67. The zero-order chi connectivity index (χ0) is 29.9. The van der Waals surface area contributed by atoms with Crippen LogP contribution in [0.1, 0.15) is 26.3 Å². The molecule has 6 rings (SSSR count). The number of nitrogens with zero attached hydrogens (tertiary/aromatic N) is 2. The number of carbonyl (C=O) groups is 2. The molecule has 0 spiro atoms. The van der Waals surface area contributed by atoms with E-state index in [-0.39, 0.29) is 40.4 Å². The number of hydrogen-bond donors (Lipinski definition) is 1. The SMILES string of the molecule is COc1cc(CN2C(=O)c3c(c4c5ccccc5[nH]c4c4c(OC)c(OC)c(OC)cc34)C2=O)c([N+](=O)[O-])cc1OC. The number of methoxy groups -OCH3 is 5. The van der Waals surface area contributed by atoms with Gasteiger partial charge in [-0.15, -0.1) is 0 Å². The molecular formula is C30H25N3O9. The molecule has 1 aliphatic rings. The van der Waals surface area contributed by atoms with Gasteiger partial charge in [0.25, 0.3) is 17.5 Å². The summed E-state index contributed by atoms with van der Waals surface area (Å²) in [6, 6.07) is 11.7. The Hall–Kier alpha value is -5.52. The molecule has 4 aromatic carbocycles. The lowest BCUT2D eigenvalue weighted by atomic mass is 9.94. The Labute approximate surface area is 238 Å². The summed E-state index contributed by atoms with van der Waals surface area (Å²) in [5.74, 6) is 0.0990. The summed E-state index contributed by atoms with van der Waals surface area (Å²) in [5.41, 5.74) is 1.41. The van der Waals surface area contributed by atoms with Gasteiger partial charge in [-0.3, -0.25) is 24.6 Å². The number of nitro groups is 1. The van der Waals surface area contributed by atoms with Crippen molar-refractivity contribution in [1.29, 1.82) is 0 Å². The Morgan fingerprint density at radius 3 is 2.05 bits per heavy atom. The van der Waals surface area contributed by atoms with E-state index in [9.17, 15) is 19.7 Å². The summed E-state index contributed by atoms with van der Waals surface area (Å²) in [4.78, 5) is 44.2. The van der Waals surface area contributed by atoms with Crippen LogP contribution in [-0.2, 0) is 6.54 Å². The van der Waals surface area contributed by atoms with Crippen LogP contribution in [-0.4, -0.2) is 62.2 Å². The standard InChI is InChI=1S/C30H25N3O9/c1-38-19-10-14(18(33(36)37)12-20(19)39-2)13-32-29(34)23-16-11-21(40-3)27(41-4)28(42-5)24(16)26-22(25(23)30(32)35)15-8-6-7-9-17(15)31-26/h6-12,31H,13H2,1-5H3. The average molecular weight is 572 g/mol. The highest BCUT2D eigenvalue weighted by Crippen LogP contribution is 2.51. The number of hydrogen-bond acceptors (Lipinski definition) is 9. The lowest BCUT2D eigenvalue weighted by Gasteiger charge is -2.17. The molecule has 0 aliphatic carbocycles. The predicted octanol–water partition coefficient (Wildman–Crippen LogP) is 5.22. The van der Waals surface area contributed by atoms with E-state index in [1.54, 1.807) is 6.07 Å². The number of benzene rings is 4. The highest BCUT2D eigenvalue weighted by Gasteiger charge is 2.42. The maximum Gasteiger partial charge on any atom is 0.278 e. The van der Waals surface area contributed by atoms with Crippen LogP contribution < -0.4 is 23.7 Å². The number of nitrogens with one attached hydrogen (secondary N) is 1. The molecule has 1 N–H and O–H groups in total. The molecule has 0 fully saturated rings. The molecule has 1 aliphatic heterocycles. The van der Waals surface area contributed by atoms with Gasteiger partial charge < -0.3 is 28.7 Å². The van der Waals surface area contributed by atoms with Crippen molar-refractivity contribution in [2.45, 2.75) is 6.54 Å². The van der Waals surface area contributed by atoms with E-state index in [0.29, 0.717) is 38.9 Å². The summed E-state index contributed by atoms with van der Waals surface area (Å²) < 4.78 is 27.5. The maximum absolute atomic E-state index is 14.2. The molecule has 42 heavy (non-hydrogen) atoms. The Kier molecular flexibility index (Phi) is 6.25. The number of aromatic nitrogens is 1. The van der Waals surface area contributed by atoms with Crippen LogP contribution >= 0.6 is 0 Å². The smallest absolute Gasteiger partial charge is 0.278 e. The van der Waals surface area contributed by atoms with E-state index in [0.717, 1.165) is 15.8 Å². The molecule has 5 aromatic rings. The summed E-state index contributed by atoms with van der Waals surface area (Å²) in [6.45, 7) is -0.376. The minimum atomic E-state index is -0.620. The zero-order valence-electron chi connectivity index (χ0n) is 23.3. The van der Waals surface area contributed by atoms with Crippen molar-refractivity contribution in [2.75, 3.05) is 35.5 Å². The Morgan fingerprint density at radius 2 is 1.40 bits per heavy atom. The highest BCUT2D eigenvalue weighted by atomic mass is 16.6. The molecule has 2 amide bonds. The lowest BCUT2D eigenvalue weighted by Crippen LogP contribution is -2.29. The third kappa shape index (κ3) is 3.61. The van der Waals surface area contributed by atoms with Crippen molar-refractivity contribution in [3.05, 3.63) is 69.3 Å². The van der Waals surface area contributed by atoms with Crippen molar-refractivity contribution >= 4 is 50.1 Å². The molecule has 12 heteroatoms. The number of ether oxygens (including phenoxy) is 5. The Bertz CT molecular complexity index is 1980. The fourth-order valence-corrected chi connectivity index (χ4v) is 5.77.